The fourth-order valence-electron chi connectivity index (χ4n) is 2.96. The van der Waals surface area contributed by atoms with E-state index >= 15 is 0 Å². The van der Waals surface area contributed by atoms with Crippen molar-refractivity contribution in [2.24, 2.45) is 0 Å². The molecule has 9 heteroatoms. The van der Waals surface area contributed by atoms with Crippen molar-refractivity contribution in [2.45, 2.75) is 43.9 Å². The summed E-state index contributed by atoms with van der Waals surface area (Å²) in [5.41, 5.74) is -2.82. The highest BCUT2D eigenvalue weighted by atomic mass is 19.4. The molecule has 6 nitrogen and oxygen atoms in total. The maximum absolute atomic E-state index is 12.6. The minimum Gasteiger partial charge on any atom is -0.368 e. The van der Waals surface area contributed by atoms with Crippen LogP contribution in [0.25, 0.3) is 11.4 Å². The Morgan fingerprint density at radius 1 is 1.25 bits per heavy atom. The molecule has 130 valence electrons. The Balaban J connectivity index is 1.95. The Bertz CT molecular complexity index is 776. The SMILES string of the molecule is COC1(c2nc(-c3ccc(C(F)(F)F)[nH]c3=O)no2)CCCCC1. The molecule has 0 bridgehead atoms. The maximum Gasteiger partial charge on any atom is 0.431 e. The summed E-state index contributed by atoms with van der Waals surface area (Å²) in [7, 11) is 1.56. The van der Waals surface area contributed by atoms with Crippen LogP contribution in [0.1, 0.15) is 43.7 Å². The lowest BCUT2D eigenvalue weighted by molar-refractivity contribution is -0.141. The van der Waals surface area contributed by atoms with Gasteiger partial charge in [-0.25, -0.2) is 0 Å². The van der Waals surface area contributed by atoms with Crippen molar-refractivity contribution >= 4 is 0 Å². The molecule has 0 radical (unpaired) electrons. The summed E-state index contributed by atoms with van der Waals surface area (Å²) in [4.78, 5) is 17.9. The van der Waals surface area contributed by atoms with Gasteiger partial charge in [0.2, 0.25) is 5.82 Å². The van der Waals surface area contributed by atoms with E-state index in [0.717, 1.165) is 31.4 Å². The van der Waals surface area contributed by atoms with Crippen molar-refractivity contribution in [3.63, 3.8) is 0 Å². The number of nitrogens with zero attached hydrogens (tertiary/aromatic N) is 2. The molecule has 1 N–H and O–H groups in total. The van der Waals surface area contributed by atoms with Crippen LogP contribution in [0.5, 0.6) is 0 Å². The van der Waals surface area contributed by atoms with Gasteiger partial charge in [0, 0.05) is 7.11 Å². The van der Waals surface area contributed by atoms with Crippen LogP contribution in [0.15, 0.2) is 21.5 Å². The van der Waals surface area contributed by atoms with Gasteiger partial charge in [-0.2, -0.15) is 18.2 Å². The van der Waals surface area contributed by atoms with E-state index in [1.807, 2.05) is 0 Å². The van der Waals surface area contributed by atoms with Crippen molar-refractivity contribution in [3.05, 3.63) is 34.1 Å². The van der Waals surface area contributed by atoms with Crippen LogP contribution < -0.4 is 5.56 Å². The average Bonchev–Trinajstić information content (AvgIpc) is 3.05. The van der Waals surface area contributed by atoms with Crippen LogP contribution in [-0.4, -0.2) is 22.2 Å². The van der Waals surface area contributed by atoms with E-state index in [1.165, 1.54) is 0 Å². The Hall–Kier alpha value is -2.16. The van der Waals surface area contributed by atoms with Crippen LogP contribution >= 0.6 is 0 Å². The molecule has 0 saturated heterocycles. The minimum absolute atomic E-state index is 0.0537. The van der Waals surface area contributed by atoms with Crippen LogP contribution in [0, 0.1) is 0 Å². The molecule has 1 aliphatic carbocycles. The number of nitrogens with one attached hydrogen (secondary N) is 1. The highest BCUT2D eigenvalue weighted by Gasteiger charge is 2.39. The summed E-state index contributed by atoms with van der Waals surface area (Å²) in [6, 6.07) is 1.82. The van der Waals surface area contributed by atoms with Crippen molar-refractivity contribution in [1.29, 1.82) is 0 Å². The van der Waals surface area contributed by atoms with E-state index in [1.54, 1.807) is 12.1 Å². The fraction of sp³-hybridized carbons (Fsp3) is 0.533. The van der Waals surface area contributed by atoms with Crippen molar-refractivity contribution in [2.75, 3.05) is 7.11 Å². The first kappa shape index (κ1) is 16.7. The first-order chi connectivity index (χ1) is 11.4. The zero-order chi connectivity index (χ0) is 17.4. The van der Waals surface area contributed by atoms with Gasteiger partial charge in [-0.05, 0) is 25.0 Å². The average molecular weight is 343 g/mol. The zero-order valence-corrected chi connectivity index (χ0v) is 12.9. The maximum atomic E-state index is 12.6. The number of ether oxygens (including phenoxy) is 1. The standard InChI is InChI=1S/C15H16F3N3O3/c1-23-14(7-3-2-4-8-14)13-20-11(21-24-13)9-5-6-10(15(16,17)18)19-12(9)22/h5-6H,2-4,7-8H2,1H3,(H,19,22). The summed E-state index contributed by atoms with van der Waals surface area (Å²) in [5.74, 6) is 0.195. The number of hydrogen-bond acceptors (Lipinski definition) is 5. The van der Waals surface area contributed by atoms with E-state index in [9.17, 15) is 18.0 Å². The van der Waals surface area contributed by atoms with Crippen molar-refractivity contribution < 1.29 is 22.4 Å². The third-order valence-electron chi connectivity index (χ3n) is 4.32. The topological polar surface area (TPSA) is 81.0 Å². The van der Waals surface area contributed by atoms with Gasteiger partial charge < -0.3 is 14.2 Å². The zero-order valence-electron chi connectivity index (χ0n) is 12.9. The second kappa shape index (κ2) is 6.04. The molecule has 1 aliphatic rings. The summed E-state index contributed by atoms with van der Waals surface area (Å²) in [6.07, 6.45) is -0.200. The number of aromatic nitrogens is 3. The monoisotopic (exact) mass is 343 g/mol. The molecule has 0 spiro atoms. The molecule has 2 aromatic rings. The lowest BCUT2D eigenvalue weighted by Crippen LogP contribution is -2.31. The molecule has 24 heavy (non-hydrogen) atoms. The van der Waals surface area contributed by atoms with Gasteiger partial charge >= 0.3 is 6.18 Å². The van der Waals surface area contributed by atoms with Gasteiger partial charge in [0.05, 0.1) is 5.56 Å². The van der Waals surface area contributed by atoms with Gasteiger partial charge in [0.1, 0.15) is 11.3 Å². The second-order valence-corrected chi connectivity index (χ2v) is 5.79. The lowest BCUT2D eigenvalue weighted by atomic mass is 9.84. The Morgan fingerprint density at radius 2 is 1.96 bits per heavy atom. The van der Waals surface area contributed by atoms with Crippen LogP contribution in [0.2, 0.25) is 0 Å². The molecule has 0 aliphatic heterocycles. The molecule has 2 aromatic heterocycles. The molecule has 0 amide bonds. The number of aromatic amines is 1. The number of hydrogen-bond donors (Lipinski definition) is 1. The number of methoxy groups -OCH3 is 1. The highest BCUT2D eigenvalue weighted by Crippen LogP contribution is 2.39. The summed E-state index contributed by atoms with van der Waals surface area (Å²) in [5, 5.41) is 3.74. The number of rotatable bonds is 3. The third kappa shape index (κ3) is 2.95. The molecule has 1 saturated carbocycles. The molecule has 0 atom stereocenters. The van der Waals surface area contributed by atoms with E-state index in [-0.39, 0.29) is 17.3 Å². The molecule has 3 rings (SSSR count). The second-order valence-electron chi connectivity index (χ2n) is 5.79. The first-order valence-corrected chi connectivity index (χ1v) is 7.56. The normalized spacial score (nSPS) is 17.8. The Morgan fingerprint density at radius 3 is 2.54 bits per heavy atom. The van der Waals surface area contributed by atoms with E-state index in [0.29, 0.717) is 12.8 Å². The fourth-order valence-corrected chi connectivity index (χ4v) is 2.96. The predicted molar refractivity (Wildman–Crippen MR) is 77.1 cm³/mol. The van der Waals surface area contributed by atoms with Gasteiger partial charge in [0.25, 0.3) is 11.4 Å². The quantitative estimate of drug-likeness (QED) is 0.925. The predicted octanol–water partition coefficient (Wildman–Crippen LogP) is 3.25. The number of H-pyrrole nitrogens is 1. The number of halogens is 3. The largest absolute Gasteiger partial charge is 0.431 e. The van der Waals surface area contributed by atoms with Gasteiger partial charge in [-0.3, -0.25) is 4.79 Å². The molecule has 0 aromatic carbocycles. The first-order valence-electron chi connectivity index (χ1n) is 7.56. The minimum atomic E-state index is -4.62. The number of pyridine rings is 1. The van der Waals surface area contributed by atoms with E-state index < -0.39 is 23.0 Å². The summed E-state index contributed by atoms with van der Waals surface area (Å²) in [6.45, 7) is 0. The van der Waals surface area contributed by atoms with Gasteiger partial charge in [-0.1, -0.05) is 24.4 Å². The van der Waals surface area contributed by atoms with E-state index in [4.69, 9.17) is 9.26 Å². The Kier molecular flexibility index (Phi) is 4.20. The number of alkyl halides is 3. The van der Waals surface area contributed by atoms with Crippen molar-refractivity contribution in [1.82, 2.24) is 15.1 Å². The van der Waals surface area contributed by atoms with Crippen LogP contribution in [-0.2, 0) is 16.5 Å². The summed E-state index contributed by atoms with van der Waals surface area (Å²) < 4.78 is 48.6. The molecular weight excluding hydrogens is 327 g/mol. The smallest absolute Gasteiger partial charge is 0.368 e. The third-order valence-corrected chi connectivity index (χ3v) is 4.32. The van der Waals surface area contributed by atoms with Gasteiger partial charge in [-0.15, -0.1) is 0 Å². The molecular formula is C15H16F3N3O3. The van der Waals surface area contributed by atoms with Crippen LogP contribution in [0.3, 0.4) is 0 Å². The van der Waals surface area contributed by atoms with E-state index in [2.05, 4.69) is 10.1 Å². The highest BCUT2D eigenvalue weighted by molar-refractivity contribution is 5.52. The van der Waals surface area contributed by atoms with Gasteiger partial charge in [0.15, 0.2) is 0 Å². The Labute approximate surface area is 135 Å². The summed E-state index contributed by atoms with van der Waals surface area (Å²) >= 11 is 0. The molecule has 0 unspecified atom stereocenters. The van der Waals surface area contributed by atoms with Crippen molar-refractivity contribution in [3.8, 4) is 11.4 Å². The molecule has 1 fully saturated rings. The molecule has 2 heterocycles. The van der Waals surface area contributed by atoms with Crippen LogP contribution in [0.4, 0.5) is 13.2 Å². The lowest BCUT2D eigenvalue weighted by Gasteiger charge is -2.32.